The summed E-state index contributed by atoms with van der Waals surface area (Å²) in [6.45, 7) is 6.96. The Bertz CT molecular complexity index is 845. The number of carbonyl (C=O) groups excluding carboxylic acids is 2. The number of hydrogen-bond acceptors (Lipinski definition) is 3. The molecule has 0 saturated carbocycles. The van der Waals surface area contributed by atoms with E-state index in [1.165, 1.54) is 5.56 Å². The van der Waals surface area contributed by atoms with Crippen molar-refractivity contribution in [3.63, 3.8) is 0 Å². The van der Waals surface area contributed by atoms with Crippen molar-refractivity contribution in [2.75, 3.05) is 38.0 Å². The quantitative estimate of drug-likeness (QED) is 0.878. The number of aryl methyl sites for hydroxylation is 2. The molecular weight excluding hydrogens is 362 g/mol. The number of benzene rings is 2. The molecule has 0 unspecified atom stereocenters. The molecule has 1 fully saturated rings. The first-order chi connectivity index (χ1) is 12.9. The van der Waals surface area contributed by atoms with Crippen molar-refractivity contribution in [1.29, 1.82) is 0 Å². The molecule has 0 aromatic heterocycles. The first-order valence-electron chi connectivity index (χ1n) is 9.06. The number of anilines is 1. The van der Waals surface area contributed by atoms with Crippen LogP contribution in [0.4, 0.5) is 5.69 Å². The summed E-state index contributed by atoms with van der Waals surface area (Å²) in [6.07, 6.45) is 0. The van der Waals surface area contributed by atoms with Gasteiger partial charge in [0.2, 0.25) is 5.91 Å². The van der Waals surface area contributed by atoms with Crippen LogP contribution in [-0.2, 0) is 4.79 Å². The summed E-state index contributed by atoms with van der Waals surface area (Å²) < 4.78 is 0. The van der Waals surface area contributed by atoms with E-state index in [9.17, 15) is 9.59 Å². The van der Waals surface area contributed by atoms with Gasteiger partial charge < -0.3 is 10.2 Å². The summed E-state index contributed by atoms with van der Waals surface area (Å²) in [5.41, 5.74) is 3.72. The second-order valence-electron chi connectivity index (χ2n) is 6.93. The van der Waals surface area contributed by atoms with Crippen molar-refractivity contribution in [3.8, 4) is 0 Å². The van der Waals surface area contributed by atoms with E-state index in [1.54, 1.807) is 18.2 Å². The zero-order chi connectivity index (χ0) is 19.4. The van der Waals surface area contributed by atoms with Crippen LogP contribution >= 0.6 is 11.6 Å². The molecule has 0 atom stereocenters. The van der Waals surface area contributed by atoms with E-state index in [4.69, 9.17) is 11.6 Å². The highest BCUT2D eigenvalue weighted by Crippen LogP contribution is 2.16. The van der Waals surface area contributed by atoms with E-state index in [1.807, 2.05) is 43.0 Å². The Morgan fingerprint density at radius 3 is 2.41 bits per heavy atom. The van der Waals surface area contributed by atoms with Gasteiger partial charge in [-0.05, 0) is 55.3 Å². The highest BCUT2D eigenvalue weighted by molar-refractivity contribution is 6.30. The minimum Gasteiger partial charge on any atom is -0.336 e. The van der Waals surface area contributed by atoms with Crippen LogP contribution in [0.3, 0.4) is 0 Å². The number of rotatable bonds is 4. The summed E-state index contributed by atoms with van der Waals surface area (Å²) in [4.78, 5) is 28.8. The van der Waals surface area contributed by atoms with Crippen LogP contribution in [0.25, 0.3) is 0 Å². The van der Waals surface area contributed by atoms with Gasteiger partial charge in [0.25, 0.3) is 5.91 Å². The van der Waals surface area contributed by atoms with Crippen molar-refractivity contribution in [1.82, 2.24) is 9.80 Å². The van der Waals surface area contributed by atoms with Gasteiger partial charge in [-0.2, -0.15) is 0 Å². The standard InChI is InChI=1S/C21H24ClN3O2/c1-15-6-7-17(12-16(15)2)21(27)25-10-8-24(9-11-25)14-20(26)23-19-5-3-4-18(22)13-19/h3-7,12-13H,8-11,14H2,1-2H3,(H,23,26). The molecule has 27 heavy (non-hydrogen) atoms. The van der Waals surface area contributed by atoms with E-state index in [2.05, 4.69) is 10.2 Å². The van der Waals surface area contributed by atoms with E-state index in [0.29, 0.717) is 43.4 Å². The lowest BCUT2D eigenvalue weighted by Crippen LogP contribution is -2.50. The second kappa shape index (κ2) is 8.55. The molecule has 1 aliphatic rings. The molecule has 0 aliphatic carbocycles. The highest BCUT2D eigenvalue weighted by atomic mass is 35.5. The third kappa shape index (κ3) is 5.08. The molecule has 2 amide bonds. The second-order valence-corrected chi connectivity index (χ2v) is 7.36. The van der Waals surface area contributed by atoms with Crippen molar-refractivity contribution in [3.05, 3.63) is 64.2 Å². The van der Waals surface area contributed by atoms with Gasteiger partial charge in [-0.1, -0.05) is 23.7 Å². The number of piperazine rings is 1. The van der Waals surface area contributed by atoms with Crippen LogP contribution in [0.5, 0.6) is 0 Å². The average Bonchev–Trinajstić information content (AvgIpc) is 2.64. The van der Waals surface area contributed by atoms with Crippen molar-refractivity contribution in [2.24, 2.45) is 0 Å². The molecule has 2 aromatic carbocycles. The van der Waals surface area contributed by atoms with Crippen LogP contribution in [0.2, 0.25) is 5.02 Å². The van der Waals surface area contributed by atoms with E-state index >= 15 is 0 Å². The maximum absolute atomic E-state index is 12.7. The molecule has 142 valence electrons. The van der Waals surface area contributed by atoms with Gasteiger partial charge in [0.05, 0.1) is 6.54 Å². The first kappa shape index (κ1) is 19.4. The van der Waals surface area contributed by atoms with Crippen LogP contribution in [-0.4, -0.2) is 54.3 Å². The normalized spacial score (nSPS) is 14.9. The number of hydrogen-bond donors (Lipinski definition) is 1. The molecule has 0 spiro atoms. The van der Waals surface area contributed by atoms with Gasteiger partial charge >= 0.3 is 0 Å². The molecule has 0 bridgehead atoms. The molecule has 5 nitrogen and oxygen atoms in total. The molecule has 0 radical (unpaired) electrons. The Kier molecular flexibility index (Phi) is 6.14. The third-order valence-electron chi connectivity index (χ3n) is 4.89. The van der Waals surface area contributed by atoms with E-state index in [0.717, 1.165) is 11.1 Å². The lowest BCUT2D eigenvalue weighted by molar-refractivity contribution is -0.117. The van der Waals surface area contributed by atoms with Crippen LogP contribution in [0, 0.1) is 13.8 Å². The molecule has 2 aromatic rings. The molecule has 6 heteroatoms. The van der Waals surface area contributed by atoms with Gasteiger partial charge in [0.1, 0.15) is 0 Å². The number of nitrogens with one attached hydrogen (secondary N) is 1. The van der Waals surface area contributed by atoms with Gasteiger partial charge in [-0.3, -0.25) is 14.5 Å². The minimum atomic E-state index is -0.0776. The average molecular weight is 386 g/mol. The highest BCUT2D eigenvalue weighted by Gasteiger charge is 2.23. The maximum Gasteiger partial charge on any atom is 0.253 e. The molecule has 1 aliphatic heterocycles. The van der Waals surface area contributed by atoms with Crippen LogP contribution in [0.1, 0.15) is 21.5 Å². The number of nitrogens with zero attached hydrogens (tertiary/aromatic N) is 2. The Hall–Kier alpha value is -2.37. The van der Waals surface area contributed by atoms with Crippen molar-refractivity contribution >= 4 is 29.1 Å². The lowest BCUT2D eigenvalue weighted by atomic mass is 10.1. The van der Waals surface area contributed by atoms with E-state index < -0.39 is 0 Å². The topological polar surface area (TPSA) is 52.7 Å². The fraction of sp³-hybridized carbons (Fsp3) is 0.333. The summed E-state index contributed by atoms with van der Waals surface area (Å²) in [6, 6.07) is 12.9. The van der Waals surface area contributed by atoms with Gasteiger partial charge in [0.15, 0.2) is 0 Å². The molecule has 1 heterocycles. The van der Waals surface area contributed by atoms with Crippen molar-refractivity contribution in [2.45, 2.75) is 13.8 Å². The van der Waals surface area contributed by atoms with Crippen LogP contribution < -0.4 is 5.32 Å². The Morgan fingerprint density at radius 1 is 1.00 bits per heavy atom. The summed E-state index contributed by atoms with van der Waals surface area (Å²) in [5.74, 6) is -0.0210. The van der Waals surface area contributed by atoms with Crippen LogP contribution in [0.15, 0.2) is 42.5 Å². The Labute approximate surface area is 164 Å². The third-order valence-corrected chi connectivity index (χ3v) is 5.12. The molecule has 3 rings (SSSR count). The number of halogens is 1. The Balaban J connectivity index is 1.50. The summed E-state index contributed by atoms with van der Waals surface area (Å²) in [7, 11) is 0. The fourth-order valence-corrected chi connectivity index (χ4v) is 3.33. The number of carbonyl (C=O) groups is 2. The Morgan fingerprint density at radius 2 is 1.74 bits per heavy atom. The van der Waals surface area contributed by atoms with Gasteiger partial charge in [-0.15, -0.1) is 0 Å². The SMILES string of the molecule is Cc1ccc(C(=O)N2CCN(CC(=O)Nc3cccc(Cl)c3)CC2)cc1C. The van der Waals surface area contributed by atoms with Crippen molar-refractivity contribution < 1.29 is 9.59 Å². The monoisotopic (exact) mass is 385 g/mol. The molecular formula is C21H24ClN3O2. The zero-order valence-electron chi connectivity index (χ0n) is 15.7. The fourth-order valence-electron chi connectivity index (χ4n) is 3.14. The summed E-state index contributed by atoms with van der Waals surface area (Å²) >= 11 is 5.94. The minimum absolute atomic E-state index is 0.0566. The largest absolute Gasteiger partial charge is 0.336 e. The van der Waals surface area contributed by atoms with Gasteiger partial charge in [0, 0.05) is 42.5 Å². The predicted octanol–water partition coefficient (Wildman–Crippen LogP) is 3.35. The lowest BCUT2D eigenvalue weighted by Gasteiger charge is -2.34. The predicted molar refractivity (Wildman–Crippen MR) is 108 cm³/mol. The van der Waals surface area contributed by atoms with E-state index in [-0.39, 0.29) is 11.8 Å². The number of amides is 2. The summed E-state index contributed by atoms with van der Waals surface area (Å²) in [5, 5.41) is 3.44. The molecule has 1 saturated heterocycles. The maximum atomic E-state index is 12.7. The zero-order valence-corrected chi connectivity index (χ0v) is 16.4. The molecule has 1 N–H and O–H groups in total. The van der Waals surface area contributed by atoms with Gasteiger partial charge in [-0.25, -0.2) is 0 Å². The smallest absolute Gasteiger partial charge is 0.253 e. The first-order valence-corrected chi connectivity index (χ1v) is 9.44.